The summed E-state index contributed by atoms with van der Waals surface area (Å²) < 4.78 is 5.28. The number of hydrogen-bond acceptors (Lipinski definition) is 4. The van der Waals surface area contributed by atoms with Gasteiger partial charge in [-0.15, -0.1) is 0 Å². The summed E-state index contributed by atoms with van der Waals surface area (Å²) in [6.45, 7) is 11.4. The number of hydrogen-bond donors (Lipinski definition) is 1. The van der Waals surface area contributed by atoms with Gasteiger partial charge in [0.25, 0.3) is 0 Å². The number of rotatable bonds is 5. The van der Waals surface area contributed by atoms with E-state index in [1.807, 2.05) is 20.8 Å². The first kappa shape index (κ1) is 20.0. The van der Waals surface area contributed by atoms with Crippen LogP contribution in [0.15, 0.2) is 0 Å². The van der Waals surface area contributed by atoms with Crippen molar-refractivity contribution in [1.82, 2.24) is 15.1 Å². The number of ether oxygens (including phenoxy) is 1. The Hall–Kier alpha value is -1.30. The lowest BCUT2D eigenvalue weighted by Crippen LogP contribution is -2.56. The van der Waals surface area contributed by atoms with Crippen LogP contribution in [0.3, 0.4) is 0 Å². The Morgan fingerprint density at radius 3 is 2.20 bits per heavy atom. The highest BCUT2D eigenvalue weighted by atomic mass is 16.6. The molecule has 1 atom stereocenters. The van der Waals surface area contributed by atoms with Crippen LogP contribution in [-0.2, 0) is 9.53 Å². The minimum atomic E-state index is -0.234. The molecule has 0 radical (unpaired) electrons. The second-order valence-corrected chi connectivity index (χ2v) is 8.14. The number of nitrogens with one attached hydrogen (secondary N) is 1. The third kappa shape index (κ3) is 6.17. The van der Waals surface area contributed by atoms with Crippen LogP contribution < -0.4 is 5.32 Å². The zero-order valence-corrected chi connectivity index (χ0v) is 16.3. The van der Waals surface area contributed by atoms with E-state index in [-0.39, 0.29) is 18.0 Å². The molecule has 1 aliphatic carbocycles. The van der Waals surface area contributed by atoms with Gasteiger partial charge in [-0.2, -0.15) is 0 Å². The molecule has 144 valence electrons. The highest BCUT2D eigenvalue weighted by Crippen LogP contribution is 2.23. The highest BCUT2D eigenvalue weighted by molar-refractivity contribution is 5.81. The second-order valence-electron chi connectivity index (χ2n) is 8.14. The lowest BCUT2D eigenvalue weighted by molar-refractivity contribution is -0.127. The minimum absolute atomic E-state index is 0.121. The molecule has 0 aromatic heterocycles. The largest absolute Gasteiger partial charge is 0.449 e. The molecule has 2 rings (SSSR count). The predicted octanol–water partition coefficient (Wildman–Crippen LogP) is 2.48. The first-order valence-corrected chi connectivity index (χ1v) is 9.83. The van der Waals surface area contributed by atoms with Gasteiger partial charge in [-0.1, -0.05) is 20.8 Å². The van der Waals surface area contributed by atoms with Crippen LogP contribution in [0.5, 0.6) is 0 Å². The lowest BCUT2D eigenvalue weighted by atomic mass is 9.87. The van der Waals surface area contributed by atoms with Crippen molar-refractivity contribution in [2.24, 2.45) is 11.8 Å². The number of carbonyl (C=O) groups is 2. The zero-order chi connectivity index (χ0) is 18.4. The SMILES string of the molecule is CC(C)COC(=O)N1CCN(C(C)C(=O)NC2CCC(C)CC2)CC1. The van der Waals surface area contributed by atoms with Crippen molar-refractivity contribution in [2.45, 2.75) is 65.5 Å². The molecule has 1 unspecified atom stereocenters. The first-order valence-electron chi connectivity index (χ1n) is 9.83. The molecule has 2 fully saturated rings. The van der Waals surface area contributed by atoms with Crippen molar-refractivity contribution in [3.8, 4) is 0 Å². The quantitative estimate of drug-likeness (QED) is 0.825. The van der Waals surface area contributed by atoms with Gasteiger partial charge in [0, 0.05) is 32.2 Å². The van der Waals surface area contributed by atoms with Crippen LogP contribution in [0.2, 0.25) is 0 Å². The Morgan fingerprint density at radius 2 is 1.64 bits per heavy atom. The van der Waals surface area contributed by atoms with Crippen LogP contribution in [0.4, 0.5) is 4.79 Å². The third-order valence-electron chi connectivity index (χ3n) is 5.40. The van der Waals surface area contributed by atoms with Crippen molar-refractivity contribution < 1.29 is 14.3 Å². The van der Waals surface area contributed by atoms with Crippen molar-refractivity contribution in [3.63, 3.8) is 0 Å². The summed E-state index contributed by atoms with van der Waals surface area (Å²) in [6, 6.07) is 0.187. The summed E-state index contributed by atoms with van der Waals surface area (Å²) in [5.41, 5.74) is 0. The van der Waals surface area contributed by atoms with E-state index < -0.39 is 0 Å². The van der Waals surface area contributed by atoms with E-state index in [0.29, 0.717) is 44.7 Å². The van der Waals surface area contributed by atoms with Gasteiger partial charge < -0.3 is 15.0 Å². The maximum absolute atomic E-state index is 12.5. The van der Waals surface area contributed by atoms with Gasteiger partial charge in [-0.05, 0) is 44.4 Å². The number of amides is 2. The molecule has 25 heavy (non-hydrogen) atoms. The molecule has 1 aliphatic heterocycles. The topological polar surface area (TPSA) is 61.9 Å². The Labute approximate surface area is 152 Å². The molecule has 2 amide bonds. The lowest BCUT2D eigenvalue weighted by Gasteiger charge is -2.37. The van der Waals surface area contributed by atoms with Crippen LogP contribution in [0.1, 0.15) is 53.4 Å². The van der Waals surface area contributed by atoms with E-state index >= 15 is 0 Å². The van der Waals surface area contributed by atoms with Crippen molar-refractivity contribution in [1.29, 1.82) is 0 Å². The predicted molar refractivity (Wildman–Crippen MR) is 98.4 cm³/mol. The molecule has 0 spiro atoms. The molecule has 1 saturated carbocycles. The van der Waals surface area contributed by atoms with Crippen LogP contribution in [0, 0.1) is 11.8 Å². The number of piperazine rings is 1. The molecule has 0 aromatic carbocycles. The molecular weight excluding hydrogens is 318 g/mol. The van der Waals surface area contributed by atoms with Gasteiger partial charge in [0.15, 0.2) is 0 Å². The zero-order valence-electron chi connectivity index (χ0n) is 16.3. The summed E-state index contributed by atoms with van der Waals surface area (Å²) in [5, 5.41) is 3.22. The van der Waals surface area contributed by atoms with Crippen LogP contribution >= 0.6 is 0 Å². The van der Waals surface area contributed by atoms with Crippen molar-refractivity contribution >= 4 is 12.0 Å². The molecule has 1 saturated heterocycles. The summed E-state index contributed by atoms with van der Waals surface area (Å²) in [4.78, 5) is 28.4. The van der Waals surface area contributed by atoms with E-state index in [4.69, 9.17) is 4.74 Å². The smallest absolute Gasteiger partial charge is 0.409 e. The molecule has 2 aliphatic rings. The minimum Gasteiger partial charge on any atom is -0.449 e. The molecule has 6 nitrogen and oxygen atoms in total. The Balaban J connectivity index is 1.72. The average molecular weight is 354 g/mol. The van der Waals surface area contributed by atoms with Gasteiger partial charge >= 0.3 is 6.09 Å². The summed E-state index contributed by atoms with van der Waals surface area (Å²) in [5.74, 6) is 1.25. The fraction of sp³-hybridized carbons (Fsp3) is 0.895. The van der Waals surface area contributed by atoms with Gasteiger partial charge in [-0.3, -0.25) is 9.69 Å². The third-order valence-corrected chi connectivity index (χ3v) is 5.40. The fourth-order valence-electron chi connectivity index (χ4n) is 3.51. The summed E-state index contributed by atoms with van der Waals surface area (Å²) in [6.07, 6.45) is 4.36. The number of carbonyl (C=O) groups excluding carboxylic acids is 2. The van der Waals surface area contributed by atoms with Gasteiger partial charge in [0.1, 0.15) is 0 Å². The Bertz CT molecular complexity index is 439. The fourth-order valence-corrected chi connectivity index (χ4v) is 3.51. The van der Waals surface area contributed by atoms with Crippen molar-refractivity contribution in [2.75, 3.05) is 32.8 Å². The molecule has 6 heteroatoms. The first-order chi connectivity index (χ1) is 11.9. The maximum Gasteiger partial charge on any atom is 0.409 e. The molecule has 1 N–H and O–H groups in total. The van der Waals surface area contributed by atoms with Crippen molar-refractivity contribution in [3.05, 3.63) is 0 Å². The van der Waals surface area contributed by atoms with Crippen LogP contribution in [-0.4, -0.2) is 66.7 Å². The Morgan fingerprint density at radius 1 is 1.04 bits per heavy atom. The van der Waals surface area contributed by atoms with Crippen LogP contribution in [0.25, 0.3) is 0 Å². The van der Waals surface area contributed by atoms with Gasteiger partial charge in [0.2, 0.25) is 5.91 Å². The second kappa shape index (κ2) is 9.41. The monoisotopic (exact) mass is 353 g/mol. The van der Waals surface area contributed by atoms with Gasteiger partial charge in [0.05, 0.1) is 12.6 Å². The average Bonchev–Trinajstić information content (AvgIpc) is 2.61. The van der Waals surface area contributed by atoms with Gasteiger partial charge in [-0.25, -0.2) is 4.79 Å². The van der Waals surface area contributed by atoms with E-state index in [1.54, 1.807) is 4.90 Å². The number of nitrogens with zero attached hydrogens (tertiary/aromatic N) is 2. The highest BCUT2D eigenvalue weighted by Gasteiger charge is 2.29. The summed E-state index contributed by atoms with van der Waals surface area (Å²) in [7, 11) is 0. The molecule has 1 heterocycles. The van der Waals surface area contributed by atoms with E-state index in [9.17, 15) is 9.59 Å². The molecule has 0 bridgehead atoms. The molecule has 0 aromatic rings. The standard InChI is InChI=1S/C19H35N3O3/c1-14(2)13-25-19(24)22-11-9-21(10-12-22)16(4)18(23)20-17-7-5-15(3)6-8-17/h14-17H,5-13H2,1-4H3,(H,20,23). The van der Waals surface area contributed by atoms with E-state index in [2.05, 4.69) is 17.1 Å². The Kier molecular flexibility index (Phi) is 7.54. The summed E-state index contributed by atoms with van der Waals surface area (Å²) >= 11 is 0. The maximum atomic E-state index is 12.5. The molecular formula is C19H35N3O3. The van der Waals surface area contributed by atoms with E-state index in [1.165, 1.54) is 12.8 Å². The van der Waals surface area contributed by atoms with E-state index in [0.717, 1.165) is 18.8 Å². The normalized spacial score (nSPS) is 26.4.